The standard InChI is InChI=1S/C7H6BrN3/c1-5-9-7-4-6(8)2-3-11(7)10-5/h2-4H,1H3/p+1. The van der Waals surface area contributed by atoms with Crippen molar-refractivity contribution in [2.24, 2.45) is 0 Å². The molecule has 0 bridgehead atoms. The molecule has 0 aliphatic rings. The largest absolute Gasteiger partial charge is 0.349 e. The van der Waals surface area contributed by atoms with Crippen molar-refractivity contribution >= 4 is 21.6 Å². The molecule has 11 heavy (non-hydrogen) atoms. The zero-order valence-electron chi connectivity index (χ0n) is 6.00. The maximum Gasteiger partial charge on any atom is 0.349 e. The summed E-state index contributed by atoms with van der Waals surface area (Å²) < 4.78 is 2.92. The lowest BCUT2D eigenvalue weighted by molar-refractivity contribution is -0.578. The summed E-state index contributed by atoms with van der Waals surface area (Å²) in [5.41, 5.74) is 0.928. The van der Waals surface area contributed by atoms with Gasteiger partial charge in [-0.15, -0.1) is 4.52 Å². The van der Waals surface area contributed by atoms with Crippen LogP contribution in [0.15, 0.2) is 22.8 Å². The summed E-state index contributed by atoms with van der Waals surface area (Å²) >= 11 is 3.37. The van der Waals surface area contributed by atoms with Crippen molar-refractivity contribution in [1.82, 2.24) is 10.1 Å². The van der Waals surface area contributed by atoms with Gasteiger partial charge in [0, 0.05) is 17.5 Å². The van der Waals surface area contributed by atoms with Crippen molar-refractivity contribution in [3.63, 3.8) is 0 Å². The average Bonchev–Trinajstić information content (AvgIpc) is 2.27. The van der Waals surface area contributed by atoms with Gasteiger partial charge in [0.25, 0.3) is 0 Å². The van der Waals surface area contributed by atoms with Gasteiger partial charge < -0.3 is 0 Å². The number of aromatic nitrogens is 3. The molecule has 2 rings (SSSR count). The number of pyridine rings is 1. The minimum Gasteiger partial charge on any atom is -0.186 e. The fraction of sp³-hybridized carbons (Fsp3) is 0.143. The van der Waals surface area contributed by atoms with Crippen molar-refractivity contribution < 1.29 is 4.52 Å². The highest BCUT2D eigenvalue weighted by Gasteiger charge is 2.07. The average molecular weight is 213 g/mol. The fourth-order valence-corrected chi connectivity index (χ4v) is 1.34. The van der Waals surface area contributed by atoms with E-state index in [1.54, 1.807) is 0 Å². The summed E-state index contributed by atoms with van der Waals surface area (Å²) in [7, 11) is 0. The molecular weight excluding hydrogens is 206 g/mol. The number of hydrogen-bond donors (Lipinski definition) is 1. The summed E-state index contributed by atoms with van der Waals surface area (Å²) in [4.78, 5) is 4.25. The lowest BCUT2D eigenvalue weighted by Crippen LogP contribution is -2.21. The van der Waals surface area contributed by atoms with Gasteiger partial charge in [-0.25, -0.2) is 0 Å². The molecule has 0 saturated carbocycles. The fourth-order valence-electron chi connectivity index (χ4n) is 1.01. The Morgan fingerprint density at radius 3 is 3.27 bits per heavy atom. The van der Waals surface area contributed by atoms with E-state index in [0.29, 0.717) is 0 Å². The van der Waals surface area contributed by atoms with Crippen molar-refractivity contribution in [2.45, 2.75) is 6.92 Å². The summed E-state index contributed by atoms with van der Waals surface area (Å²) in [6.45, 7) is 1.93. The molecular formula is C7H7BrN3+. The Hall–Kier alpha value is -0.900. The second-order valence-corrected chi connectivity index (χ2v) is 3.30. The SMILES string of the molecule is Cc1nc2cc(Br)cc[n+]2[nH]1. The van der Waals surface area contributed by atoms with Crippen molar-refractivity contribution in [1.29, 1.82) is 0 Å². The third kappa shape index (κ3) is 1.14. The summed E-state index contributed by atoms with van der Waals surface area (Å²) in [5.74, 6) is 0.920. The first-order valence-corrected chi connectivity index (χ1v) is 4.08. The first-order chi connectivity index (χ1) is 5.25. The number of halogens is 1. The second kappa shape index (κ2) is 2.30. The Bertz CT molecular complexity index is 393. The van der Waals surface area contributed by atoms with Gasteiger partial charge in [-0.2, -0.15) is 5.10 Å². The molecule has 1 N–H and O–H groups in total. The minimum atomic E-state index is 0.920. The van der Waals surface area contributed by atoms with Crippen LogP contribution in [-0.4, -0.2) is 10.1 Å². The number of fused-ring (bicyclic) bond motifs is 1. The van der Waals surface area contributed by atoms with E-state index < -0.39 is 0 Å². The van der Waals surface area contributed by atoms with E-state index in [0.717, 1.165) is 15.9 Å². The molecule has 0 unspecified atom stereocenters. The second-order valence-electron chi connectivity index (χ2n) is 2.38. The van der Waals surface area contributed by atoms with Crippen molar-refractivity contribution in [3.05, 3.63) is 28.6 Å². The van der Waals surface area contributed by atoms with Gasteiger partial charge in [0.05, 0.1) is 0 Å². The van der Waals surface area contributed by atoms with Crippen LogP contribution in [-0.2, 0) is 0 Å². The molecule has 0 fully saturated rings. The Kier molecular flexibility index (Phi) is 1.42. The molecule has 0 amide bonds. The predicted molar refractivity (Wildman–Crippen MR) is 44.2 cm³/mol. The van der Waals surface area contributed by atoms with Crippen LogP contribution in [0.1, 0.15) is 5.82 Å². The molecule has 0 atom stereocenters. The zero-order chi connectivity index (χ0) is 7.84. The number of nitrogens with zero attached hydrogens (tertiary/aromatic N) is 2. The number of aromatic amines is 1. The van der Waals surface area contributed by atoms with E-state index >= 15 is 0 Å². The smallest absolute Gasteiger partial charge is 0.186 e. The number of nitrogens with one attached hydrogen (secondary N) is 1. The normalized spacial score (nSPS) is 10.7. The van der Waals surface area contributed by atoms with E-state index in [4.69, 9.17) is 0 Å². The zero-order valence-corrected chi connectivity index (χ0v) is 7.59. The van der Waals surface area contributed by atoms with Crippen LogP contribution in [0.4, 0.5) is 0 Å². The Balaban J connectivity index is 2.82. The van der Waals surface area contributed by atoms with E-state index in [1.165, 1.54) is 0 Å². The Morgan fingerprint density at radius 1 is 1.64 bits per heavy atom. The number of rotatable bonds is 0. The van der Waals surface area contributed by atoms with Gasteiger partial charge >= 0.3 is 5.65 Å². The lowest BCUT2D eigenvalue weighted by atomic mass is 10.5. The summed E-state index contributed by atoms with van der Waals surface area (Å²) in [6, 6.07) is 3.92. The first kappa shape index (κ1) is 6.79. The van der Waals surface area contributed by atoms with Crippen LogP contribution < -0.4 is 4.52 Å². The van der Waals surface area contributed by atoms with Gasteiger partial charge in [-0.05, 0) is 11.1 Å². The molecule has 2 aromatic heterocycles. The molecule has 0 aliphatic heterocycles. The van der Waals surface area contributed by atoms with E-state index in [1.807, 2.05) is 29.8 Å². The molecule has 0 aliphatic carbocycles. The highest BCUT2D eigenvalue weighted by Crippen LogP contribution is 2.07. The number of H-pyrrole nitrogens is 1. The third-order valence-electron chi connectivity index (χ3n) is 1.46. The van der Waals surface area contributed by atoms with Gasteiger partial charge in [0.15, 0.2) is 0 Å². The molecule has 56 valence electrons. The molecule has 2 heterocycles. The molecule has 0 spiro atoms. The molecule has 3 nitrogen and oxygen atoms in total. The van der Waals surface area contributed by atoms with Gasteiger partial charge in [-0.3, -0.25) is 0 Å². The van der Waals surface area contributed by atoms with Gasteiger partial charge in [-0.1, -0.05) is 15.9 Å². The monoisotopic (exact) mass is 212 g/mol. The molecule has 2 aromatic rings. The minimum absolute atomic E-state index is 0.920. The number of hydrogen-bond acceptors (Lipinski definition) is 1. The lowest BCUT2D eigenvalue weighted by Gasteiger charge is -1.82. The maximum absolute atomic E-state index is 4.25. The third-order valence-corrected chi connectivity index (χ3v) is 1.95. The van der Waals surface area contributed by atoms with Crippen molar-refractivity contribution in [2.75, 3.05) is 0 Å². The van der Waals surface area contributed by atoms with E-state index in [-0.39, 0.29) is 0 Å². The van der Waals surface area contributed by atoms with Gasteiger partial charge in [0.1, 0.15) is 6.20 Å². The van der Waals surface area contributed by atoms with Crippen molar-refractivity contribution in [3.8, 4) is 0 Å². The van der Waals surface area contributed by atoms with Crippen LogP contribution in [0.3, 0.4) is 0 Å². The highest BCUT2D eigenvalue weighted by molar-refractivity contribution is 9.10. The molecule has 0 aromatic carbocycles. The Morgan fingerprint density at radius 2 is 2.45 bits per heavy atom. The molecule has 0 radical (unpaired) electrons. The van der Waals surface area contributed by atoms with Crippen LogP contribution in [0.2, 0.25) is 0 Å². The van der Waals surface area contributed by atoms with Crippen LogP contribution in [0.5, 0.6) is 0 Å². The molecule has 4 heteroatoms. The summed E-state index contributed by atoms with van der Waals surface area (Å²) in [6.07, 6.45) is 1.93. The van der Waals surface area contributed by atoms with Crippen LogP contribution in [0, 0.1) is 6.92 Å². The van der Waals surface area contributed by atoms with Gasteiger partial charge in [0.2, 0.25) is 5.82 Å². The topological polar surface area (TPSA) is 32.8 Å². The quantitative estimate of drug-likeness (QED) is 0.655. The van der Waals surface area contributed by atoms with Crippen LogP contribution >= 0.6 is 15.9 Å². The Labute approximate surface area is 72.2 Å². The van der Waals surface area contributed by atoms with Crippen LogP contribution in [0.25, 0.3) is 5.65 Å². The van der Waals surface area contributed by atoms with E-state index in [2.05, 4.69) is 26.0 Å². The molecule has 0 saturated heterocycles. The first-order valence-electron chi connectivity index (χ1n) is 3.29. The summed E-state index contributed by atoms with van der Waals surface area (Å²) in [5, 5.41) is 3.07. The maximum atomic E-state index is 4.25. The highest BCUT2D eigenvalue weighted by atomic mass is 79.9. The van der Waals surface area contributed by atoms with E-state index in [9.17, 15) is 0 Å². The predicted octanol–water partition coefficient (Wildman–Crippen LogP) is 1.22. The number of aryl methyl sites for hydroxylation is 1.